The lowest BCUT2D eigenvalue weighted by atomic mass is 10.2. The molecule has 0 fully saturated rings. The Balaban J connectivity index is 2.09. The highest BCUT2D eigenvalue weighted by molar-refractivity contribution is 6.36. The fourth-order valence-electron chi connectivity index (χ4n) is 1.65. The minimum absolute atomic E-state index is 0.0115. The van der Waals surface area contributed by atoms with Crippen molar-refractivity contribution >= 4 is 40.6 Å². The van der Waals surface area contributed by atoms with Gasteiger partial charge in [-0.1, -0.05) is 29.3 Å². The predicted octanol–water partition coefficient (Wildman–Crippen LogP) is 5.66. The molecule has 8 heteroatoms. The van der Waals surface area contributed by atoms with Crippen LogP contribution in [0.3, 0.4) is 0 Å². The Labute approximate surface area is 134 Å². The number of carbonyl (C=O) groups excluding carboxylic acids is 1. The zero-order valence-corrected chi connectivity index (χ0v) is 12.4. The van der Waals surface area contributed by atoms with Gasteiger partial charge in [-0.15, -0.1) is 0 Å². The van der Waals surface area contributed by atoms with Gasteiger partial charge in [0.25, 0.3) is 0 Å². The third-order valence-corrected chi connectivity index (χ3v) is 3.17. The van der Waals surface area contributed by atoms with Crippen molar-refractivity contribution in [2.24, 2.45) is 0 Å². The molecule has 2 N–H and O–H groups in total. The molecule has 0 aliphatic carbocycles. The molecule has 116 valence electrons. The number of alkyl halides is 3. The standard InChI is InChI=1S/C14H9Cl2F3N2O/c15-9-4-5-12(11(16)7-9)21-13(22)20-10-3-1-2-8(6-10)14(17,18)19/h1-7H,(H2,20,21,22). The molecule has 0 aliphatic rings. The normalized spacial score (nSPS) is 11.1. The van der Waals surface area contributed by atoms with Gasteiger partial charge in [0.15, 0.2) is 0 Å². The van der Waals surface area contributed by atoms with Gasteiger partial charge in [-0.2, -0.15) is 13.2 Å². The summed E-state index contributed by atoms with van der Waals surface area (Å²) in [7, 11) is 0. The topological polar surface area (TPSA) is 41.1 Å². The van der Waals surface area contributed by atoms with Crippen molar-refractivity contribution in [3.05, 3.63) is 58.1 Å². The van der Waals surface area contributed by atoms with E-state index in [1.54, 1.807) is 0 Å². The van der Waals surface area contributed by atoms with Crippen molar-refractivity contribution in [1.29, 1.82) is 0 Å². The lowest BCUT2D eigenvalue weighted by molar-refractivity contribution is -0.137. The minimum atomic E-state index is -4.48. The van der Waals surface area contributed by atoms with Gasteiger partial charge in [-0.3, -0.25) is 0 Å². The van der Waals surface area contributed by atoms with Gasteiger partial charge in [-0.05, 0) is 36.4 Å². The monoisotopic (exact) mass is 348 g/mol. The maximum Gasteiger partial charge on any atom is 0.416 e. The number of carbonyl (C=O) groups is 1. The number of rotatable bonds is 2. The molecule has 2 amide bonds. The van der Waals surface area contributed by atoms with Crippen LogP contribution in [0.1, 0.15) is 5.56 Å². The molecular weight excluding hydrogens is 340 g/mol. The average Bonchev–Trinajstić information content (AvgIpc) is 2.41. The van der Waals surface area contributed by atoms with Crippen LogP contribution in [0.15, 0.2) is 42.5 Å². The Morgan fingerprint density at radius 1 is 1.00 bits per heavy atom. The van der Waals surface area contributed by atoms with Crippen molar-refractivity contribution in [2.75, 3.05) is 10.6 Å². The van der Waals surface area contributed by atoms with E-state index in [0.717, 1.165) is 12.1 Å². The van der Waals surface area contributed by atoms with Gasteiger partial charge in [0, 0.05) is 10.7 Å². The molecule has 0 bridgehead atoms. The van der Waals surface area contributed by atoms with E-state index in [-0.39, 0.29) is 16.4 Å². The first-order valence-electron chi connectivity index (χ1n) is 5.96. The molecular formula is C14H9Cl2F3N2O. The van der Waals surface area contributed by atoms with Crippen molar-refractivity contribution in [2.45, 2.75) is 6.18 Å². The predicted molar refractivity (Wildman–Crippen MR) is 80.5 cm³/mol. The Bertz CT molecular complexity index is 705. The van der Waals surface area contributed by atoms with E-state index in [2.05, 4.69) is 10.6 Å². The van der Waals surface area contributed by atoms with Crippen LogP contribution in [0.25, 0.3) is 0 Å². The van der Waals surface area contributed by atoms with E-state index >= 15 is 0 Å². The van der Waals surface area contributed by atoms with Gasteiger partial charge in [0.2, 0.25) is 0 Å². The second-order valence-corrected chi connectivity index (χ2v) is 5.13. The summed E-state index contributed by atoms with van der Waals surface area (Å²) in [4.78, 5) is 11.8. The first kappa shape index (κ1) is 16.5. The maximum absolute atomic E-state index is 12.6. The number of amides is 2. The lowest BCUT2D eigenvalue weighted by Gasteiger charge is -2.11. The Hall–Kier alpha value is -1.92. The molecule has 0 aromatic heterocycles. The molecule has 0 saturated heterocycles. The molecule has 2 aromatic carbocycles. The zero-order valence-electron chi connectivity index (χ0n) is 10.8. The number of nitrogens with one attached hydrogen (secondary N) is 2. The highest BCUT2D eigenvalue weighted by atomic mass is 35.5. The average molecular weight is 349 g/mol. The summed E-state index contributed by atoms with van der Waals surface area (Å²) in [6.07, 6.45) is -4.48. The van der Waals surface area contributed by atoms with Crippen molar-refractivity contribution in [3.8, 4) is 0 Å². The second kappa shape index (κ2) is 6.46. The van der Waals surface area contributed by atoms with E-state index in [1.165, 1.54) is 30.3 Å². The fraction of sp³-hybridized carbons (Fsp3) is 0.0714. The summed E-state index contributed by atoms with van der Waals surface area (Å²) in [6.45, 7) is 0. The number of halogens is 5. The van der Waals surface area contributed by atoms with Gasteiger partial charge in [-0.25, -0.2) is 4.79 Å². The largest absolute Gasteiger partial charge is 0.416 e. The van der Waals surface area contributed by atoms with Crippen LogP contribution in [0, 0.1) is 0 Å². The SMILES string of the molecule is O=C(Nc1cccc(C(F)(F)F)c1)Nc1ccc(Cl)cc1Cl. The summed E-state index contributed by atoms with van der Waals surface area (Å²) in [5.41, 5.74) is -0.553. The molecule has 0 atom stereocenters. The maximum atomic E-state index is 12.6. The third-order valence-electron chi connectivity index (χ3n) is 2.63. The first-order chi connectivity index (χ1) is 10.3. The smallest absolute Gasteiger partial charge is 0.308 e. The molecule has 0 spiro atoms. The number of benzene rings is 2. The number of anilines is 2. The van der Waals surface area contributed by atoms with E-state index in [4.69, 9.17) is 23.2 Å². The third kappa shape index (κ3) is 4.29. The van der Waals surface area contributed by atoms with Crippen LogP contribution in [0.2, 0.25) is 10.0 Å². The zero-order chi connectivity index (χ0) is 16.3. The van der Waals surface area contributed by atoms with Gasteiger partial charge in [0.1, 0.15) is 0 Å². The number of hydrogen-bond donors (Lipinski definition) is 2. The summed E-state index contributed by atoms with van der Waals surface area (Å²) in [5, 5.41) is 5.34. The van der Waals surface area contributed by atoms with E-state index in [1.807, 2.05) is 0 Å². The molecule has 0 radical (unpaired) electrons. The number of urea groups is 1. The molecule has 0 saturated carbocycles. The second-order valence-electron chi connectivity index (χ2n) is 4.28. The van der Waals surface area contributed by atoms with Crippen molar-refractivity contribution in [1.82, 2.24) is 0 Å². The van der Waals surface area contributed by atoms with Crippen LogP contribution in [-0.4, -0.2) is 6.03 Å². The first-order valence-corrected chi connectivity index (χ1v) is 6.71. The molecule has 0 unspecified atom stereocenters. The highest BCUT2D eigenvalue weighted by Crippen LogP contribution is 2.31. The Morgan fingerprint density at radius 2 is 1.73 bits per heavy atom. The summed E-state index contributed by atoms with van der Waals surface area (Å²) >= 11 is 11.6. The molecule has 2 rings (SSSR count). The highest BCUT2D eigenvalue weighted by Gasteiger charge is 2.30. The lowest BCUT2D eigenvalue weighted by Crippen LogP contribution is -2.20. The molecule has 22 heavy (non-hydrogen) atoms. The van der Waals surface area contributed by atoms with Crippen molar-refractivity contribution < 1.29 is 18.0 Å². The van der Waals surface area contributed by atoms with E-state index in [9.17, 15) is 18.0 Å². The van der Waals surface area contributed by atoms with Gasteiger partial charge < -0.3 is 10.6 Å². The summed E-state index contributed by atoms with van der Waals surface area (Å²) in [5.74, 6) is 0. The van der Waals surface area contributed by atoms with E-state index in [0.29, 0.717) is 5.02 Å². The van der Waals surface area contributed by atoms with Crippen LogP contribution < -0.4 is 10.6 Å². The fourth-order valence-corrected chi connectivity index (χ4v) is 2.10. The summed E-state index contributed by atoms with van der Waals surface area (Å²) in [6, 6.07) is 8.02. The Morgan fingerprint density at radius 3 is 2.36 bits per heavy atom. The molecule has 2 aromatic rings. The van der Waals surface area contributed by atoms with Gasteiger partial charge >= 0.3 is 12.2 Å². The molecule has 0 heterocycles. The minimum Gasteiger partial charge on any atom is -0.308 e. The Kier molecular flexibility index (Phi) is 4.83. The number of hydrogen-bond acceptors (Lipinski definition) is 1. The molecule has 0 aliphatic heterocycles. The molecule has 3 nitrogen and oxygen atoms in total. The van der Waals surface area contributed by atoms with Crippen LogP contribution in [-0.2, 0) is 6.18 Å². The van der Waals surface area contributed by atoms with Crippen LogP contribution in [0.4, 0.5) is 29.3 Å². The summed E-state index contributed by atoms with van der Waals surface area (Å²) < 4.78 is 37.8. The van der Waals surface area contributed by atoms with Gasteiger partial charge in [0.05, 0.1) is 16.3 Å². The quantitative estimate of drug-likeness (QED) is 0.722. The van der Waals surface area contributed by atoms with Crippen LogP contribution in [0.5, 0.6) is 0 Å². The van der Waals surface area contributed by atoms with E-state index < -0.39 is 17.8 Å². The van der Waals surface area contributed by atoms with Crippen LogP contribution >= 0.6 is 23.2 Å². The van der Waals surface area contributed by atoms with Crippen molar-refractivity contribution in [3.63, 3.8) is 0 Å².